The topological polar surface area (TPSA) is 138 Å². The molecule has 0 saturated heterocycles. The Morgan fingerprint density at radius 3 is 2.61 bits per heavy atom. The van der Waals surface area contributed by atoms with E-state index in [4.69, 9.17) is 5.11 Å². The molecule has 0 spiro atoms. The number of aromatic nitrogens is 2. The highest BCUT2D eigenvalue weighted by Gasteiger charge is 2.31. The van der Waals surface area contributed by atoms with Gasteiger partial charge in [0.05, 0.1) is 12.1 Å². The lowest BCUT2D eigenvalue weighted by Gasteiger charge is -2.17. The lowest BCUT2D eigenvalue weighted by atomic mass is 10.1. The summed E-state index contributed by atoms with van der Waals surface area (Å²) in [6, 6.07) is 4.69. The van der Waals surface area contributed by atoms with Gasteiger partial charge in [-0.3, -0.25) is 9.20 Å². The number of imidazole rings is 1. The van der Waals surface area contributed by atoms with Crippen LogP contribution in [0.15, 0.2) is 29.6 Å². The molecule has 9 nitrogen and oxygen atoms in total. The maximum absolute atomic E-state index is 12.2. The monoisotopic (exact) mass is 341 g/mol. The van der Waals surface area contributed by atoms with E-state index in [1.54, 1.807) is 12.1 Å². The molecule has 0 aromatic carbocycles. The molecular weight excluding hydrogens is 326 g/mol. The van der Waals surface area contributed by atoms with E-state index in [1.807, 2.05) is 0 Å². The number of fused-ring (bicyclic) bond motifs is 1. The second kappa shape index (κ2) is 5.63. The molecule has 1 amide bonds. The second-order valence-corrected chi connectivity index (χ2v) is 7.14. The van der Waals surface area contributed by atoms with E-state index in [2.05, 4.69) is 10.3 Å². The Morgan fingerprint density at radius 2 is 2.04 bits per heavy atom. The first kappa shape index (κ1) is 16.9. The van der Waals surface area contributed by atoms with Crippen LogP contribution in [0, 0.1) is 0 Å². The number of hydrogen-bond donors (Lipinski definition) is 3. The van der Waals surface area contributed by atoms with Gasteiger partial charge in [0.25, 0.3) is 5.91 Å². The first-order valence-corrected chi connectivity index (χ1v) is 8.34. The zero-order chi connectivity index (χ0) is 17.4. The van der Waals surface area contributed by atoms with Crippen molar-refractivity contribution >= 4 is 27.2 Å². The third-order valence-electron chi connectivity index (χ3n) is 3.12. The third kappa shape index (κ3) is 3.32. The molecule has 0 fully saturated rings. The number of nitrogens with one attached hydrogen (secondary N) is 1. The summed E-state index contributed by atoms with van der Waals surface area (Å²) < 4.78 is 24.8. The van der Waals surface area contributed by atoms with E-state index < -0.39 is 33.9 Å². The molecule has 1 atom stereocenters. The third-order valence-corrected chi connectivity index (χ3v) is 4.07. The van der Waals surface area contributed by atoms with Crippen LogP contribution in [0.5, 0.6) is 0 Å². The first-order chi connectivity index (χ1) is 10.5. The Hall–Kier alpha value is -2.46. The van der Waals surface area contributed by atoms with Crippen molar-refractivity contribution in [1.29, 1.82) is 0 Å². The van der Waals surface area contributed by atoms with Crippen molar-refractivity contribution in [1.82, 2.24) is 14.7 Å². The number of amides is 1. The highest BCUT2D eigenvalue weighted by atomic mass is 32.2. The van der Waals surface area contributed by atoms with Crippen LogP contribution >= 0.6 is 0 Å². The van der Waals surface area contributed by atoms with E-state index in [-0.39, 0.29) is 16.4 Å². The Labute approximate surface area is 131 Å². The largest absolute Gasteiger partial charge is 0.479 e. The highest BCUT2D eigenvalue weighted by Crippen LogP contribution is 2.17. The van der Waals surface area contributed by atoms with Crippen LogP contribution in [0.25, 0.3) is 5.52 Å². The maximum atomic E-state index is 12.2. The van der Waals surface area contributed by atoms with Crippen LogP contribution in [0.2, 0.25) is 0 Å². The standard InChI is InChI=1S/C13H15N3O6S/c1-13(20,11(18)19)7-14-10(17)9-8-5-3-4-6-16(8)12(15-9)23(2,21)22/h3-6,20H,7H2,1-2H3,(H,14,17)(H,18,19). The smallest absolute Gasteiger partial charge is 0.337 e. The number of pyridine rings is 1. The van der Waals surface area contributed by atoms with E-state index in [0.29, 0.717) is 0 Å². The van der Waals surface area contributed by atoms with Gasteiger partial charge >= 0.3 is 5.97 Å². The fourth-order valence-electron chi connectivity index (χ4n) is 1.85. The van der Waals surface area contributed by atoms with Crippen LogP contribution in [-0.2, 0) is 14.6 Å². The van der Waals surface area contributed by atoms with Gasteiger partial charge in [-0.25, -0.2) is 18.2 Å². The summed E-state index contributed by atoms with van der Waals surface area (Å²) in [5.74, 6) is -2.28. The molecule has 0 bridgehead atoms. The summed E-state index contributed by atoms with van der Waals surface area (Å²) in [6.45, 7) is 0.476. The number of carbonyl (C=O) groups is 2. The molecule has 2 aromatic heterocycles. The van der Waals surface area contributed by atoms with Crippen LogP contribution < -0.4 is 5.32 Å². The molecule has 0 aliphatic carbocycles. The highest BCUT2D eigenvalue weighted by molar-refractivity contribution is 7.90. The SMILES string of the molecule is CC(O)(CNC(=O)c1nc(S(C)(=O)=O)n2ccccc12)C(=O)O. The molecular formula is C13H15N3O6S. The summed E-state index contributed by atoms with van der Waals surface area (Å²) >= 11 is 0. The van der Waals surface area contributed by atoms with Crippen molar-refractivity contribution in [3.8, 4) is 0 Å². The molecule has 3 N–H and O–H groups in total. The molecule has 0 radical (unpaired) electrons. The molecule has 1 unspecified atom stereocenters. The van der Waals surface area contributed by atoms with Gasteiger partial charge in [-0.15, -0.1) is 0 Å². The van der Waals surface area contributed by atoms with E-state index in [9.17, 15) is 23.1 Å². The summed E-state index contributed by atoms with van der Waals surface area (Å²) in [5, 5.41) is 20.3. The number of carboxylic acids is 1. The van der Waals surface area contributed by atoms with E-state index in [1.165, 1.54) is 16.7 Å². The van der Waals surface area contributed by atoms with Crippen LogP contribution in [-0.4, -0.2) is 58.3 Å². The minimum absolute atomic E-state index is 0.174. The molecule has 2 aromatic rings. The molecule has 2 heterocycles. The summed E-state index contributed by atoms with van der Waals surface area (Å²) in [7, 11) is -3.67. The number of carbonyl (C=O) groups excluding carboxylic acids is 1. The average molecular weight is 341 g/mol. The molecule has 0 aliphatic heterocycles. The van der Waals surface area contributed by atoms with Gasteiger partial charge < -0.3 is 15.5 Å². The van der Waals surface area contributed by atoms with Crippen molar-refractivity contribution in [2.75, 3.05) is 12.8 Å². The fourth-order valence-corrected chi connectivity index (χ4v) is 2.62. The number of aliphatic hydroxyl groups is 1. The van der Waals surface area contributed by atoms with Crippen LogP contribution in [0.4, 0.5) is 0 Å². The summed E-state index contributed by atoms with van der Waals surface area (Å²) in [4.78, 5) is 26.8. The van der Waals surface area contributed by atoms with Gasteiger partial charge in [0.2, 0.25) is 15.0 Å². The Morgan fingerprint density at radius 1 is 1.39 bits per heavy atom. The number of aliphatic carboxylic acids is 1. The quantitative estimate of drug-likeness (QED) is 0.654. The van der Waals surface area contributed by atoms with Gasteiger partial charge in [0, 0.05) is 12.5 Å². The van der Waals surface area contributed by atoms with Gasteiger partial charge in [0.1, 0.15) is 0 Å². The zero-order valence-corrected chi connectivity index (χ0v) is 13.2. The van der Waals surface area contributed by atoms with Gasteiger partial charge in [-0.05, 0) is 19.1 Å². The van der Waals surface area contributed by atoms with Crippen molar-refractivity contribution in [3.63, 3.8) is 0 Å². The molecule has 2 rings (SSSR count). The summed E-state index contributed by atoms with van der Waals surface area (Å²) in [5.41, 5.74) is -2.07. The first-order valence-electron chi connectivity index (χ1n) is 6.45. The average Bonchev–Trinajstić information content (AvgIpc) is 2.84. The number of nitrogens with zero attached hydrogens (tertiary/aromatic N) is 2. The molecule has 0 aliphatic rings. The summed E-state index contributed by atoms with van der Waals surface area (Å²) in [6.07, 6.45) is 2.41. The zero-order valence-electron chi connectivity index (χ0n) is 12.3. The van der Waals surface area contributed by atoms with E-state index in [0.717, 1.165) is 13.2 Å². The Kier molecular flexibility index (Phi) is 4.14. The van der Waals surface area contributed by atoms with Crippen molar-refractivity contribution in [2.24, 2.45) is 0 Å². The van der Waals surface area contributed by atoms with Crippen molar-refractivity contribution < 1.29 is 28.2 Å². The number of sulfone groups is 1. The number of carboxylic acid groups (broad SMARTS) is 1. The second-order valence-electron chi connectivity index (χ2n) is 5.23. The number of hydrogen-bond acceptors (Lipinski definition) is 6. The van der Waals surface area contributed by atoms with Crippen molar-refractivity contribution in [3.05, 3.63) is 30.1 Å². The predicted octanol–water partition coefficient (Wildman–Crippen LogP) is -0.697. The lowest BCUT2D eigenvalue weighted by Crippen LogP contribution is -2.46. The fraction of sp³-hybridized carbons (Fsp3) is 0.308. The molecule has 23 heavy (non-hydrogen) atoms. The van der Waals surface area contributed by atoms with Crippen LogP contribution in [0.3, 0.4) is 0 Å². The molecule has 10 heteroatoms. The predicted molar refractivity (Wildman–Crippen MR) is 78.9 cm³/mol. The van der Waals surface area contributed by atoms with Crippen molar-refractivity contribution in [2.45, 2.75) is 17.7 Å². The minimum atomic E-state index is -3.67. The Balaban J connectivity index is 2.41. The van der Waals surface area contributed by atoms with Gasteiger partial charge in [0.15, 0.2) is 11.3 Å². The molecule has 0 saturated carbocycles. The minimum Gasteiger partial charge on any atom is -0.479 e. The molecule has 124 valence electrons. The van der Waals surface area contributed by atoms with Gasteiger partial charge in [-0.1, -0.05) is 6.07 Å². The lowest BCUT2D eigenvalue weighted by molar-refractivity contribution is -0.155. The van der Waals surface area contributed by atoms with Crippen LogP contribution in [0.1, 0.15) is 17.4 Å². The number of rotatable bonds is 5. The van der Waals surface area contributed by atoms with E-state index >= 15 is 0 Å². The van der Waals surface area contributed by atoms with Gasteiger partial charge in [-0.2, -0.15) is 0 Å². The normalized spacial score (nSPS) is 14.4. The Bertz CT molecular complexity index is 884. The maximum Gasteiger partial charge on any atom is 0.337 e.